The fourth-order valence-corrected chi connectivity index (χ4v) is 3.18. The van der Waals surface area contributed by atoms with Crippen LogP contribution in [0.15, 0.2) is 36.5 Å². The molecule has 1 fully saturated rings. The van der Waals surface area contributed by atoms with E-state index in [0.717, 1.165) is 49.3 Å². The molecule has 6 nitrogen and oxygen atoms in total. The first-order valence-electron chi connectivity index (χ1n) is 8.22. The normalized spacial score (nSPS) is 15.3. The Hall–Kier alpha value is -2.88. The van der Waals surface area contributed by atoms with Crippen molar-refractivity contribution in [1.82, 2.24) is 14.9 Å². The highest BCUT2D eigenvalue weighted by Gasteiger charge is 2.15. The first kappa shape index (κ1) is 15.6. The Morgan fingerprint density at radius 2 is 2.08 bits per heavy atom. The second-order valence-corrected chi connectivity index (χ2v) is 6.13. The van der Waals surface area contributed by atoms with E-state index in [-0.39, 0.29) is 5.88 Å². The van der Waals surface area contributed by atoms with E-state index in [1.54, 1.807) is 18.2 Å². The van der Waals surface area contributed by atoms with Gasteiger partial charge < -0.3 is 14.8 Å². The zero-order valence-electron chi connectivity index (χ0n) is 13.7. The van der Waals surface area contributed by atoms with Crippen LogP contribution in [0.25, 0.3) is 27.0 Å². The highest BCUT2D eigenvalue weighted by molar-refractivity contribution is 5.99. The van der Waals surface area contributed by atoms with Crippen LogP contribution in [0.2, 0.25) is 0 Å². The molecule has 0 spiro atoms. The molecule has 0 atom stereocenters. The van der Waals surface area contributed by atoms with E-state index in [0.29, 0.717) is 16.9 Å². The van der Waals surface area contributed by atoms with E-state index in [1.165, 1.54) is 0 Å². The van der Waals surface area contributed by atoms with Gasteiger partial charge in [-0.25, -0.2) is 4.85 Å². The summed E-state index contributed by atoms with van der Waals surface area (Å²) in [5, 5.41) is 11.1. The molecule has 126 valence electrons. The molecule has 0 aliphatic carbocycles. The van der Waals surface area contributed by atoms with Crippen molar-refractivity contribution >= 4 is 16.6 Å². The molecule has 0 amide bonds. The van der Waals surface area contributed by atoms with Crippen molar-refractivity contribution in [3.05, 3.63) is 53.5 Å². The lowest BCUT2D eigenvalue weighted by atomic mass is 10.1. The fraction of sp³-hybridized carbons (Fsp3) is 0.263. The maximum Gasteiger partial charge on any atom is 0.199 e. The van der Waals surface area contributed by atoms with E-state index >= 15 is 0 Å². The Kier molecular flexibility index (Phi) is 4.10. The minimum absolute atomic E-state index is 0.0746. The van der Waals surface area contributed by atoms with Crippen LogP contribution in [0.4, 0.5) is 5.69 Å². The van der Waals surface area contributed by atoms with Crippen molar-refractivity contribution in [3.8, 4) is 17.1 Å². The Bertz CT molecular complexity index is 934. The molecular formula is C19H18N4O2. The van der Waals surface area contributed by atoms with Crippen molar-refractivity contribution in [2.75, 3.05) is 26.3 Å². The Balaban J connectivity index is 1.64. The van der Waals surface area contributed by atoms with E-state index in [4.69, 9.17) is 11.3 Å². The summed E-state index contributed by atoms with van der Waals surface area (Å²) in [7, 11) is 0. The van der Waals surface area contributed by atoms with Gasteiger partial charge in [0, 0.05) is 36.7 Å². The fourth-order valence-electron chi connectivity index (χ4n) is 3.18. The van der Waals surface area contributed by atoms with E-state index in [9.17, 15) is 5.11 Å². The lowest BCUT2D eigenvalue weighted by Crippen LogP contribution is -2.35. The van der Waals surface area contributed by atoms with Gasteiger partial charge in [-0.3, -0.25) is 9.88 Å². The van der Waals surface area contributed by atoms with Crippen LogP contribution in [0.3, 0.4) is 0 Å². The molecule has 3 heterocycles. The number of hydrogen-bond donors (Lipinski definition) is 2. The van der Waals surface area contributed by atoms with Gasteiger partial charge in [0.15, 0.2) is 11.6 Å². The average molecular weight is 334 g/mol. The summed E-state index contributed by atoms with van der Waals surface area (Å²) in [6.07, 6.45) is 1.85. The Labute approximate surface area is 145 Å². The monoisotopic (exact) mass is 334 g/mol. The number of nitrogens with one attached hydrogen (secondary N) is 1. The van der Waals surface area contributed by atoms with E-state index in [1.807, 2.05) is 18.3 Å². The lowest BCUT2D eigenvalue weighted by Gasteiger charge is -2.26. The summed E-state index contributed by atoms with van der Waals surface area (Å²) in [4.78, 5) is 13.3. The molecule has 1 aromatic carbocycles. The first-order chi connectivity index (χ1) is 12.2. The third-order valence-electron chi connectivity index (χ3n) is 4.48. The SMILES string of the molecule is [C-]#[N+]c1ccc2[nH]c(O)c(-c3ccc(CN4CCOCC4)cn3)c2c1. The molecule has 3 aromatic rings. The summed E-state index contributed by atoms with van der Waals surface area (Å²) in [5.74, 6) is 0.0746. The van der Waals surface area contributed by atoms with Gasteiger partial charge in [0.25, 0.3) is 0 Å². The van der Waals surface area contributed by atoms with Crippen LogP contribution < -0.4 is 0 Å². The summed E-state index contributed by atoms with van der Waals surface area (Å²) < 4.78 is 5.37. The van der Waals surface area contributed by atoms with Gasteiger partial charge in [0.05, 0.1) is 31.0 Å². The largest absolute Gasteiger partial charge is 0.494 e. The Morgan fingerprint density at radius 1 is 1.24 bits per heavy atom. The standard InChI is InChI=1S/C19H18N4O2/c1-20-14-3-5-16-15(10-14)18(19(24)22-16)17-4-2-13(11-21-17)12-23-6-8-25-9-7-23/h2-5,10-11,22,24H,6-9,12H2. The zero-order valence-corrected chi connectivity index (χ0v) is 13.7. The maximum atomic E-state index is 10.3. The third-order valence-corrected chi connectivity index (χ3v) is 4.48. The highest BCUT2D eigenvalue weighted by atomic mass is 16.5. The molecule has 1 aliphatic rings. The van der Waals surface area contributed by atoms with Crippen LogP contribution >= 0.6 is 0 Å². The van der Waals surface area contributed by atoms with Crippen LogP contribution in [0, 0.1) is 6.57 Å². The average Bonchev–Trinajstić information content (AvgIpc) is 2.98. The summed E-state index contributed by atoms with van der Waals surface area (Å²) in [6.45, 7) is 11.4. The molecule has 6 heteroatoms. The summed E-state index contributed by atoms with van der Waals surface area (Å²) in [5.41, 5.74) is 3.79. The molecular weight excluding hydrogens is 316 g/mol. The minimum Gasteiger partial charge on any atom is -0.494 e. The number of rotatable bonds is 3. The van der Waals surface area contributed by atoms with Gasteiger partial charge >= 0.3 is 0 Å². The molecule has 4 rings (SSSR count). The van der Waals surface area contributed by atoms with Gasteiger partial charge in [-0.1, -0.05) is 12.1 Å². The molecule has 1 aliphatic heterocycles. The summed E-state index contributed by atoms with van der Waals surface area (Å²) >= 11 is 0. The second kappa shape index (κ2) is 6.55. The van der Waals surface area contributed by atoms with Crippen LogP contribution in [-0.4, -0.2) is 46.3 Å². The van der Waals surface area contributed by atoms with E-state index < -0.39 is 0 Å². The first-order valence-corrected chi connectivity index (χ1v) is 8.22. The molecule has 2 aromatic heterocycles. The predicted octanol–water partition coefficient (Wildman–Crippen LogP) is 3.32. The number of fused-ring (bicyclic) bond motifs is 1. The zero-order chi connectivity index (χ0) is 17.2. The molecule has 2 N–H and O–H groups in total. The topological polar surface area (TPSA) is 65.7 Å². The van der Waals surface area contributed by atoms with Crippen molar-refractivity contribution in [2.45, 2.75) is 6.54 Å². The molecule has 25 heavy (non-hydrogen) atoms. The molecule has 0 unspecified atom stereocenters. The number of nitrogens with zero attached hydrogens (tertiary/aromatic N) is 3. The predicted molar refractivity (Wildman–Crippen MR) is 95.6 cm³/mol. The molecule has 1 saturated heterocycles. The minimum atomic E-state index is 0.0746. The highest BCUT2D eigenvalue weighted by Crippen LogP contribution is 2.37. The van der Waals surface area contributed by atoms with Crippen molar-refractivity contribution in [1.29, 1.82) is 0 Å². The number of hydrogen-bond acceptors (Lipinski definition) is 4. The second-order valence-electron chi connectivity index (χ2n) is 6.13. The lowest BCUT2D eigenvalue weighted by molar-refractivity contribution is 0.0341. The van der Waals surface area contributed by atoms with Crippen molar-refractivity contribution in [3.63, 3.8) is 0 Å². The van der Waals surface area contributed by atoms with Crippen LogP contribution in [0.5, 0.6) is 5.88 Å². The maximum absolute atomic E-state index is 10.3. The van der Waals surface area contributed by atoms with Crippen LogP contribution in [-0.2, 0) is 11.3 Å². The van der Waals surface area contributed by atoms with Gasteiger partial charge in [-0.15, -0.1) is 0 Å². The third kappa shape index (κ3) is 3.07. The number of benzene rings is 1. The van der Waals surface area contributed by atoms with Gasteiger partial charge in [-0.05, 0) is 23.8 Å². The van der Waals surface area contributed by atoms with Gasteiger partial charge in [-0.2, -0.15) is 0 Å². The molecule has 0 radical (unpaired) electrons. The van der Waals surface area contributed by atoms with Crippen molar-refractivity contribution in [2.24, 2.45) is 0 Å². The Morgan fingerprint density at radius 3 is 2.80 bits per heavy atom. The molecule has 0 saturated carbocycles. The van der Waals surface area contributed by atoms with Gasteiger partial charge in [0.2, 0.25) is 0 Å². The number of H-pyrrole nitrogens is 1. The van der Waals surface area contributed by atoms with Crippen LogP contribution in [0.1, 0.15) is 5.56 Å². The number of ether oxygens (including phenoxy) is 1. The van der Waals surface area contributed by atoms with Gasteiger partial charge in [0.1, 0.15) is 0 Å². The number of pyridine rings is 1. The summed E-state index contributed by atoms with van der Waals surface area (Å²) in [6, 6.07) is 9.27. The number of aromatic nitrogens is 2. The van der Waals surface area contributed by atoms with E-state index in [2.05, 4.69) is 19.7 Å². The number of morpholine rings is 1. The number of aromatic amines is 1. The van der Waals surface area contributed by atoms with Crippen molar-refractivity contribution < 1.29 is 9.84 Å². The smallest absolute Gasteiger partial charge is 0.199 e. The quantitative estimate of drug-likeness (QED) is 0.721. The molecule has 0 bridgehead atoms. The number of aromatic hydroxyl groups is 1.